The molecular weight excluding hydrogens is 508 g/mol. The van der Waals surface area contributed by atoms with Gasteiger partial charge in [0.25, 0.3) is 0 Å². The van der Waals surface area contributed by atoms with E-state index in [0.717, 1.165) is 35.5 Å². The number of hydrogen-bond acceptors (Lipinski definition) is 7. The van der Waals surface area contributed by atoms with E-state index in [4.69, 9.17) is 14.7 Å². The molecule has 0 unspecified atom stereocenters. The number of anilines is 2. The zero-order chi connectivity index (χ0) is 27.1. The molecule has 3 rings (SSSR count). The van der Waals surface area contributed by atoms with Crippen LogP contribution >= 0.6 is 11.3 Å². The summed E-state index contributed by atoms with van der Waals surface area (Å²) < 4.78 is 39.1. The van der Waals surface area contributed by atoms with Gasteiger partial charge in [-0.15, -0.1) is 11.3 Å². The Kier molecular flexibility index (Phi) is 9.15. The van der Waals surface area contributed by atoms with E-state index < -0.39 is 36.3 Å². The molecule has 0 saturated carbocycles. The smallest absolute Gasteiger partial charge is 0.414 e. The molecule has 0 fully saturated rings. The Morgan fingerprint density at radius 2 is 1.68 bits per heavy atom. The van der Waals surface area contributed by atoms with Crippen LogP contribution in [0, 0.1) is 11.6 Å². The van der Waals surface area contributed by atoms with Crippen molar-refractivity contribution in [2.45, 2.75) is 26.8 Å². The van der Waals surface area contributed by atoms with Crippen LogP contribution in [0.25, 0.3) is 10.4 Å². The van der Waals surface area contributed by atoms with Crippen molar-refractivity contribution in [3.05, 3.63) is 70.8 Å². The number of benzene rings is 2. The van der Waals surface area contributed by atoms with Crippen molar-refractivity contribution in [2.75, 3.05) is 23.9 Å². The van der Waals surface area contributed by atoms with Gasteiger partial charge in [0.2, 0.25) is 0 Å². The maximum atomic E-state index is 14.5. The van der Waals surface area contributed by atoms with Crippen LogP contribution < -0.4 is 15.7 Å². The van der Waals surface area contributed by atoms with Crippen LogP contribution in [0.2, 0.25) is 0 Å². The summed E-state index contributed by atoms with van der Waals surface area (Å²) in [4.78, 5) is 38.9. The Morgan fingerprint density at radius 1 is 1.03 bits per heavy atom. The van der Waals surface area contributed by atoms with E-state index in [1.54, 1.807) is 31.2 Å². The van der Waals surface area contributed by atoms with E-state index in [9.17, 15) is 23.2 Å². The average molecular weight is 534 g/mol. The molecule has 0 aliphatic carbocycles. The molecule has 37 heavy (non-hydrogen) atoms. The summed E-state index contributed by atoms with van der Waals surface area (Å²) >= 11 is 1.06. The number of rotatable bonds is 8. The van der Waals surface area contributed by atoms with Crippen LogP contribution in [0.1, 0.15) is 35.3 Å². The van der Waals surface area contributed by atoms with Gasteiger partial charge in [-0.3, -0.25) is 10.1 Å². The number of hydroxylamine groups is 1. The molecule has 3 amide bonds. The normalized spacial score (nSPS) is 10.5. The molecule has 2 aromatic carbocycles. The zero-order valence-electron chi connectivity index (χ0n) is 20.3. The zero-order valence-corrected chi connectivity index (χ0v) is 21.1. The first-order chi connectivity index (χ1) is 17.7. The fourth-order valence-electron chi connectivity index (χ4n) is 3.66. The highest BCUT2D eigenvalue weighted by Crippen LogP contribution is 2.44. The van der Waals surface area contributed by atoms with E-state index in [1.807, 2.05) is 6.92 Å². The molecule has 0 aliphatic heterocycles. The molecule has 3 aromatic rings. The minimum Gasteiger partial charge on any atom is -0.462 e. The summed E-state index contributed by atoms with van der Waals surface area (Å²) in [7, 11) is 1.13. The molecule has 196 valence electrons. The van der Waals surface area contributed by atoms with Gasteiger partial charge in [0, 0.05) is 16.1 Å². The number of methoxy groups -OCH3 is 1. The van der Waals surface area contributed by atoms with Crippen LogP contribution in [0.4, 0.5) is 29.1 Å². The second-order valence-electron chi connectivity index (χ2n) is 7.56. The number of urea groups is 1. The molecule has 3 N–H and O–H groups in total. The second-order valence-corrected chi connectivity index (χ2v) is 8.56. The van der Waals surface area contributed by atoms with Crippen molar-refractivity contribution in [1.29, 1.82) is 0 Å². The summed E-state index contributed by atoms with van der Waals surface area (Å²) in [6, 6.07) is 9.06. The third-order valence-corrected chi connectivity index (χ3v) is 6.65. The van der Waals surface area contributed by atoms with Gasteiger partial charge in [0.1, 0.15) is 16.6 Å². The number of hydrogen-bond donors (Lipinski definition) is 3. The molecule has 0 radical (unpaired) electrons. The first-order valence-electron chi connectivity index (χ1n) is 11.2. The van der Waals surface area contributed by atoms with Crippen molar-refractivity contribution in [2.24, 2.45) is 0 Å². The number of amides is 3. The Bertz CT molecular complexity index is 1280. The van der Waals surface area contributed by atoms with Gasteiger partial charge in [0.15, 0.2) is 0 Å². The van der Waals surface area contributed by atoms with Crippen LogP contribution in [-0.2, 0) is 22.4 Å². The molecule has 0 spiro atoms. The third-order valence-electron chi connectivity index (χ3n) is 5.35. The Balaban J connectivity index is 2.18. The largest absolute Gasteiger partial charge is 0.462 e. The van der Waals surface area contributed by atoms with Crippen molar-refractivity contribution in [1.82, 2.24) is 5.48 Å². The van der Waals surface area contributed by atoms with Gasteiger partial charge < -0.3 is 14.8 Å². The Hall–Kier alpha value is -4.03. The predicted molar refractivity (Wildman–Crippen MR) is 134 cm³/mol. The maximum Gasteiger partial charge on any atom is 0.414 e. The fourth-order valence-corrected chi connectivity index (χ4v) is 5.04. The summed E-state index contributed by atoms with van der Waals surface area (Å²) in [5.41, 5.74) is 2.80. The topological polar surface area (TPSA) is 117 Å². The number of esters is 1. The van der Waals surface area contributed by atoms with Crippen molar-refractivity contribution >= 4 is 40.1 Å². The van der Waals surface area contributed by atoms with Crippen LogP contribution in [0.3, 0.4) is 0 Å². The molecular formula is C25H25F2N3O6S. The van der Waals surface area contributed by atoms with E-state index in [-0.39, 0.29) is 22.7 Å². The van der Waals surface area contributed by atoms with Crippen molar-refractivity contribution in [3.63, 3.8) is 0 Å². The van der Waals surface area contributed by atoms with Gasteiger partial charge >= 0.3 is 18.1 Å². The van der Waals surface area contributed by atoms with Gasteiger partial charge in [-0.2, -0.15) is 0 Å². The molecule has 0 bridgehead atoms. The van der Waals surface area contributed by atoms with Crippen LogP contribution in [0.15, 0.2) is 42.5 Å². The van der Waals surface area contributed by atoms with Crippen LogP contribution in [-0.4, -0.2) is 37.0 Å². The highest BCUT2D eigenvalue weighted by molar-refractivity contribution is 7.20. The number of thiophene rings is 1. The number of nitrogens with zero attached hydrogens (tertiary/aromatic N) is 1. The number of nitrogens with one attached hydrogen (secondary N) is 2. The molecule has 1 heterocycles. The molecule has 1 aromatic heterocycles. The quantitative estimate of drug-likeness (QED) is 0.194. The molecule has 0 atom stereocenters. The number of ether oxygens (including phenoxy) is 2. The van der Waals surface area contributed by atoms with Gasteiger partial charge in [-0.05, 0) is 48.7 Å². The summed E-state index contributed by atoms with van der Waals surface area (Å²) in [6.07, 6.45) is -0.547. The first-order valence-corrected chi connectivity index (χ1v) is 12.0. The Morgan fingerprint density at radius 3 is 2.22 bits per heavy atom. The number of carbonyl (C=O) groups excluding carboxylic acids is 3. The summed E-state index contributed by atoms with van der Waals surface area (Å²) in [5, 5.41) is 11.2. The SMILES string of the molecule is CCOC(=O)c1c(N(Cc2c(F)cccc2F)C(=O)OC)sc(-c2ccc(NC(=O)NO)cc2)c1CC. The minimum absolute atomic E-state index is 0.0695. The van der Waals surface area contributed by atoms with Gasteiger partial charge in [0.05, 0.1) is 25.8 Å². The molecule has 9 nitrogen and oxygen atoms in total. The molecule has 0 aliphatic rings. The van der Waals surface area contributed by atoms with E-state index in [0.29, 0.717) is 28.1 Å². The predicted octanol–water partition coefficient (Wildman–Crippen LogP) is 5.72. The highest BCUT2D eigenvalue weighted by atomic mass is 32.1. The van der Waals surface area contributed by atoms with Gasteiger partial charge in [-0.1, -0.05) is 25.1 Å². The van der Waals surface area contributed by atoms with E-state index in [2.05, 4.69) is 5.32 Å². The van der Waals surface area contributed by atoms with E-state index in [1.165, 1.54) is 11.5 Å². The standard InChI is InChI=1S/C25H25F2N3O6S/c1-4-16-20(23(31)36-5-2)22(30(25(33)35-3)13-17-18(26)7-6-8-19(17)27)37-21(16)14-9-11-15(12-10-14)28-24(32)29-34/h6-12,34H,4-5,13H2,1-3H3,(H2,28,29,32). The lowest BCUT2D eigenvalue weighted by atomic mass is 10.0. The number of halogens is 2. The summed E-state index contributed by atoms with van der Waals surface area (Å²) in [5.74, 6) is -2.40. The van der Waals surface area contributed by atoms with Crippen molar-refractivity contribution < 1.29 is 37.8 Å². The summed E-state index contributed by atoms with van der Waals surface area (Å²) in [6.45, 7) is 3.00. The number of carbonyl (C=O) groups is 3. The third kappa shape index (κ3) is 6.04. The van der Waals surface area contributed by atoms with E-state index >= 15 is 0 Å². The van der Waals surface area contributed by atoms with Crippen molar-refractivity contribution in [3.8, 4) is 10.4 Å². The fraction of sp³-hybridized carbons (Fsp3) is 0.240. The maximum absolute atomic E-state index is 14.5. The second kappa shape index (κ2) is 12.3. The molecule has 0 saturated heterocycles. The Labute approximate surface area is 215 Å². The van der Waals surface area contributed by atoms with Crippen LogP contribution in [0.5, 0.6) is 0 Å². The lowest BCUT2D eigenvalue weighted by molar-refractivity contribution is 0.0526. The highest BCUT2D eigenvalue weighted by Gasteiger charge is 2.32. The average Bonchev–Trinajstić information content (AvgIpc) is 3.28. The first kappa shape index (κ1) is 27.6. The van der Waals surface area contributed by atoms with Gasteiger partial charge in [-0.25, -0.2) is 28.6 Å². The lowest BCUT2D eigenvalue weighted by Crippen LogP contribution is -2.31. The molecule has 12 heteroatoms. The minimum atomic E-state index is -0.918. The lowest BCUT2D eigenvalue weighted by Gasteiger charge is -2.21. The monoisotopic (exact) mass is 533 g/mol.